The molecule has 7 nitrogen and oxygen atoms in total. The van der Waals surface area contributed by atoms with Gasteiger partial charge in [0.2, 0.25) is 10.0 Å². The Kier molecular flexibility index (Phi) is 6.96. The Bertz CT molecular complexity index is 1110. The molecule has 158 valence electrons. The third-order valence-electron chi connectivity index (χ3n) is 4.13. The lowest BCUT2D eigenvalue weighted by Crippen LogP contribution is -2.31. The predicted molar refractivity (Wildman–Crippen MR) is 119 cm³/mol. The average Bonchev–Trinajstić information content (AvgIpc) is 3.08. The molecule has 2 aromatic heterocycles. The molecule has 30 heavy (non-hydrogen) atoms. The van der Waals surface area contributed by atoms with E-state index in [4.69, 9.17) is 0 Å². The number of pyridine rings is 1. The van der Waals surface area contributed by atoms with E-state index in [9.17, 15) is 13.2 Å². The normalized spacial score (nSPS) is 11.6. The second kappa shape index (κ2) is 9.46. The number of carbonyl (C=O) groups excluding carboxylic acids is 1. The van der Waals surface area contributed by atoms with E-state index >= 15 is 0 Å². The van der Waals surface area contributed by atoms with Crippen LogP contribution in [0.5, 0.6) is 0 Å². The van der Waals surface area contributed by atoms with Crippen LogP contribution in [0.25, 0.3) is 10.7 Å². The smallest absolute Gasteiger partial charge is 0.263 e. The van der Waals surface area contributed by atoms with Crippen LogP contribution in [0, 0.1) is 6.92 Å². The van der Waals surface area contributed by atoms with Crippen molar-refractivity contribution in [2.24, 2.45) is 0 Å². The lowest BCUT2D eigenvalue weighted by Gasteiger charge is -2.10. The number of nitrogens with zero attached hydrogens (tertiary/aromatic N) is 2. The number of aryl methyl sites for hydroxylation is 1. The Morgan fingerprint density at radius 3 is 2.43 bits per heavy atom. The van der Waals surface area contributed by atoms with E-state index in [2.05, 4.69) is 20.0 Å². The van der Waals surface area contributed by atoms with Crippen LogP contribution in [-0.2, 0) is 22.3 Å². The number of benzene rings is 1. The number of aromatic nitrogens is 2. The van der Waals surface area contributed by atoms with Gasteiger partial charge in [-0.3, -0.25) is 9.78 Å². The van der Waals surface area contributed by atoms with Crippen molar-refractivity contribution in [3.8, 4) is 10.7 Å². The van der Waals surface area contributed by atoms with Crippen LogP contribution >= 0.6 is 11.3 Å². The molecule has 3 rings (SSSR count). The monoisotopic (exact) mass is 444 g/mol. The first-order chi connectivity index (χ1) is 14.2. The van der Waals surface area contributed by atoms with Crippen molar-refractivity contribution in [3.05, 3.63) is 70.4 Å². The summed E-state index contributed by atoms with van der Waals surface area (Å²) in [5, 5.41) is 3.60. The molecule has 0 radical (unpaired) electrons. The first-order valence-electron chi connectivity index (χ1n) is 9.48. The molecular weight excluding hydrogens is 420 g/mol. The maximum Gasteiger partial charge on any atom is 0.263 e. The van der Waals surface area contributed by atoms with Crippen molar-refractivity contribution >= 4 is 27.3 Å². The van der Waals surface area contributed by atoms with Crippen LogP contribution in [0.3, 0.4) is 0 Å². The van der Waals surface area contributed by atoms with Crippen molar-refractivity contribution in [2.45, 2.75) is 39.1 Å². The molecule has 0 unspecified atom stereocenters. The standard InChI is InChI=1S/C21H24N4O3S2/c1-14(2)25-30(27,28)13-17-9-7-16(8-10-17)12-23-20(26)19-15(3)24-21(29-19)18-6-4-5-11-22-18/h4-11,14,25H,12-13H2,1-3H3,(H,23,26). The second-order valence-corrected chi connectivity index (χ2v) is 9.93. The molecule has 3 aromatic rings. The van der Waals surface area contributed by atoms with Crippen molar-refractivity contribution in [1.29, 1.82) is 0 Å². The van der Waals surface area contributed by atoms with Crippen molar-refractivity contribution in [3.63, 3.8) is 0 Å². The summed E-state index contributed by atoms with van der Waals surface area (Å²) < 4.78 is 26.6. The lowest BCUT2D eigenvalue weighted by atomic mass is 10.1. The Morgan fingerprint density at radius 2 is 1.80 bits per heavy atom. The van der Waals surface area contributed by atoms with E-state index in [-0.39, 0.29) is 17.7 Å². The Labute approximate surface area is 180 Å². The molecule has 0 aliphatic heterocycles. The van der Waals surface area contributed by atoms with Crippen molar-refractivity contribution < 1.29 is 13.2 Å². The molecule has 0 bridgehead atoms. The van der Waals surface area contributed by atoms with Gasteiger partial charge in [-0.25, -0.2) is 18.1 Å². The number of carbonyl (C=O) groups is 1. The quantitative estimate of drug-likeness (QED) is 0.555. The first-order valence-corrected chi connectivity index (χ1v) is 12.0. The molecule has 0 atom stereocenters. The molecule has 0 spiro atoms. The Morgan fingerprint density at radius 1 is 1.10 bits per heavy atom. The van der Waals surface area contributed by atoms with Gasteiger partial charge in [-0.2, -0.15) is 0 Å². The maximum absolute atomic E-state index is 12.6. The number of sulfonamides is 1. The SMILES string of the molecule is Cc1nc(-c2ccccn2)sc1C(=O)NCc1ccc(CS(=O)(=O)NC(C)C)cc1. The Hall–Kier alpha value is -2.62. The summed E-state index contributed by atoms with van der Waals surface area (Å²) in [4.78, 5) is 21.9. The van der Waals surface area contributed by atoms with Crippen LogP contribution in [-0.4, -0.2) is 30.3 Å². The topological polar surface area (TPSA) is 101 Å². The third kappa shape index (κ3) is 5.94. The molecule has 2 heterocycles. The second-order valence-electron chi connectivity index (χ2n) is 7.18. The van der Waals surface area contributed by atoms with Gasteiger partial charge in [0, 0.05) is 18.8 Å². The molecule has 0 saturated carbocycles. The van der Waals surface area contributed by atoms with Gasteiger partial charge < -0.3 is 5.32 Å². The summed E-state index contributed by atoms with van der Waals surface area (Å²) in [6.07, 6.45) is 1.69. The molecular formula is C21H24N4O3S2. The molecule has 0 aliphatic rings. The van der Waals surface area contributed by atoms with E-state index in [1.807, 2.05) is 30.3 Å². The minimum absolute atomic E-state index is 0.0752. The fourth-order valence-corrected chi connectivity index (χ4v) is 5.23. The zero-order valence-corrected chi connectivity index (χ0v) is 18.7. The van der Waals surface area contributed by atoms with Gasteiger partial charge >= 0.3 is 0 Å². The average molecular weight is 445 g/mol. The van der Waals surface area contributed by atoms with E-state index < -0.39 is 10.0 Å². The van der Waals surface area contributed by atoms with E-state index in [0.29, 0.717) is 27.7 Å². The van der Waals surface area contributed by atoms with Gasteiger partial charge in [0.1, 0.15) is 9.88 Å². The lowest BCUT2D eigenvalue weighted by molar-refractivity contribution is 0.0954. The number of rotatable bonds is 8. The Balaban J connectivity index is 1.61. The van der Waals surface area contributed by atoms with Gasteiger partial charge in [-0.15, -0.1) is 11.3 Å². The van der Waals surface area contributed by atoms with Gasteiger partial charge in [0.15, 0.2) is 0 Å². The number of thiazole rings is 1. The zero-order chi connectivity index (χ0) is 21.7. The third-order valence-corrected chi connectivity index (χ3v) is 6.86. The number of hydrogen-bond acceptors (Lipinski definition) is 6. The van der Waals surface area contributed by atoms with Crippen LogP contribution < -0.4 is 10.0 Å². The van der Waals surface area contributed by atoms with E-state index in [0.717, 1.165) is 11.3 Å². The molecule has 9 heteroatoms. The number of nitrogens with one attached hydrogen (secondary N) is 2. The fourth-order valence-electron chi connectivity index (χ4n) is 2.84. The molecule has 1 amide bonds. The van der Waals surface area contributed by atoms with Crippen LogP contribution in [0.2, 0.25) is 0 Å². The molecule has 2 N–H and O–H groups in total. The largest absolute Gasteiger partial charge is 0.347 e. The summed E-state index contributed by atoms with van der Waals surface area (Å²) in [6, 6.07) is 12.6. The highest BCUT2D eigenvalue weighted by Crippen LogP contribution is 2.26. The van der Waals surface area contributed by atoms with E-state index in [1.165, 1.54) is 11.3 Å². The van der Waals surface area contributed by atoms with Crippen LogP contribution in [0.1, 0.15) is 40.3 Å². The molecule has 1 aromatic carbocycles. The molecule has 0 aliphatic carbocycles. The number of amides is 1. The zero-order valence-electron chi connectivity index (χ0n) is 17.0. The highest BCUT2D eigenvalue weighted by atomic mass is 32.2. The summed E-state index contributed by atoms with van der Waals surface area (Å²) in [6.45, 7) is 5.71. The van der Waals surface area contributed by atoms with Crippen molar-refractivity contribution in [1.82, 2.24) is 20.0 Å². The summed E-state index contributed by atoms with van der Waals surface area (Å²) >= 11 is 1.31. The fraction of sp³-hybridized carbons (Fsp3) is 0.286. The first kappa shape index (κ1) is 22.1. The highest BCUT2D eigenvalue weighted by molar-refractivity contribution is 7.88. The van der Waals surface area contributed by atoms with Crippen molar-refractivity contribution in [2.75, 3.05) is 0 Å². The number of hydrogen-bond donors (Lipinski definition) is 2. The van der Waals surface area contributed by atoms with Gasteiger partial charge in [-0.05, 0) is 44.0 Å². The van der Waals surface area contributed by atoms with E-state index in [1.54, 1.807) is 39.1 Å². The van der Waals surface area contributed by atoms with Crippen LogP contribution in [0.15, 0.2) is 48.7 Å². The summed E-state index contributed by atoms with van der Waals surface area (Å²) in [7, 11) is -3.36. The van der Waals surface area contributed by atoms with Gasteiger partial charge in [0.25, 0.3) is 5.91 Å². The van der Waals surface area contributed by atoms with Crippen LogP contribution in [0.4, 0.5) is 0 Å². The molecule has 0 fully saturated rings. The maximum atomic E-state index is 12.6. The minimum Gasteiger partial charge on any atom is -0.347 e. The summed E-state index contributed by atoms with van der Waals surface area (Å²) in [5.74, 6) is -0.270. The minimum atomic E-state index is -3.36. The van der Waals surface area contributed by atoms with Gasteiger partial charge in [-0.1, -0.05) is 30.3 Å². The van der Waals surface area contributed by atoms with Gasteiger partial charge in [0.05, 0.1) is 17.1 Å². The highest BCUT2D eigenvalue weighted by Gasteiger charge is 2.17. The predicted octanol–water partition coefficient (Wildman–Crippen LogP) is 3.27. The molecule has 0 saturated heterocycles. The summed E-state index contributed by atoms with van der Waals surface area (Å²) in [5.41, 5.74) is 2.98.